The molecule has 1 aliphatic rings. The molecular formula is C11H7NO2. The number of hydrogen-bond donors (Lipinski definition) is 0. The number of hydrogen-bond acceptors (Lipinski definition) is 3. The summed E-state index contributed by atoms with van der Waals surface area (Å²) in [5, 5.41) is 8.34. The van der Waals surface area contributed by atoms with Gasteiger partial charge in [0.05, 0.1) is 11.6 Å². The number of esters is 1. The maximum Gasteiger partial charge on any atom is 0.338 e. The summed E-state index contributed by atoms with van der Waals surface area (Å²) < 4.78 is 4.85. The van der Waals surface area contributed by atoms with Gasteiger partial charge in [0.25, 0.3) is 0 Å². The number of carbonyl (C=O) groups is 1. The molecule has 1 aromatic rings. The van der Waals surface area contributed by atoms with Crippen LogP contribution in [0.25, 0.3) is 6.08 Å². The molecule has 0 radical (unpaired) electrons. The van der Waals surface area contributed by atoms with Crippen molar-refractivity contribution in [3.8, 4) is 6.07 Å². The molecule has 1 heterocycles. The number of benzene rings is 1. The molecule has 14 heavy (non-hydrogen) atoms. The summed E-state index contributed by atoms with van der Waals surface area (Å²) in [6, 6.07) is 7.33. The van der Waals surface area contributed by atoms with Crippen LogP contribution in [0.15, 0.2) is 24.3 Å². The van der Waals surface area contributed by atoms with E-state index in [0.717, 1.165) is 11.1 Å². The van der Waals surface area contributed by atoms with Gasteiger partial charge in [-0.1, -0.05) is 12.1 Å². The molecule has 0 spiro atoms. The number of carbonyl (C=O) groups excluding carboxylic acids is 1. The SMILES string of the molecule is N#CC=Cc1ccc2c(c1)C(=O)OC2. The maximum atomic E-state index is 11.2. The Balaban J connectivity index is 2.41. The molecule has 0 aromatic heterocycles. The Morgan fingerprint density at radius 2 is 2.36 bits per heavy atom. The van der Waals surface area contributed by atoms with Gasteiger partial charge in [0, 0.05) is 11.6 Å². The van der Waals surface area contributed by atoms with Crippen molar-refractivity contribution in [2.24, 2.45) is 0 Å². The van der Waals surface area contributed by atoms with Gasteiger partial charge in [-0.25, -0.2) is 4.79 Å². The molecule has 0 saturated heterocycles. The summed E-state index contributed by atoms with van der Waals surface area (Å²) in [7, 11) is 0. The molecule has 0 aliphatic carbocycles. The van der Waals surface area contributed by atoms with Crippen LogP contribution in [0.4, 0.5) is 0 Å². The third-order valence-electron chi connectivity index (χ3n) is 2.06. The quantitative estimate of drug-likeness (QED) is 0.496. The molecule has 0 N–H and O–H groups in total. The van der Waals surface area contributed by atoms with E-state index >= 15 is 0 Å². The summed E-state index contributed by atoms with van der Waals surface area (Å²) in [4.78, 5) is 11.2. The number of rotatable bonds is 1. The third-order valence-corrected chi connectivity index (χ3v) is 2.06. The summed E-state index contributed by atoms with van der Waals surface area (Å²) >= 11 is 0. The summed E-state index contributed by atoms with van der Waals surface area (Å²) in [6.07, 6.45) is 3.04. The lowest BCUT2D eigenvalue weighted by Gasteiger charge is -1.95. The summed E-state index contributed by atoms with van der Waals surface area (Å²) in [5.74, 6) is -0.285. The average molecular weight is 185 g/mol. The van der Waals surface area contributed by atoms with Crippen LogP contribution in [0.2, 0.25) is 0 Å². The van der Waals surface area contributed by atoms with Crippen LogP contribution in [0.1, 0.15) is 21.5 Å². The molecule has 68 valence electrons. The van der Waals surface area contributed by atoms with E-state index in [9.17, 15) is 4.79 Å². The first-order valence-electron chi connectivity index (χ1n) is 4.17. The summed E-state index contributed by atoms with van der Waals surface area (Å²) in [5.41, 5.74) is 2.35. The zero-order valence-electron chi connectivity index (χ0n) is 7.36. The average Bonchev–Trinajstić information content (AvgIpc) is 2.57. The largest absolute Gasteiger partial charge is 0.457 e. The number of nitriles is 1. The van der Waals surface area contributed by atoms with Crippen LogP contribution in [-0.2, 0) is 11.3 Å². The molecule has 0 fully saturated rings. The van der Waals surface area contributed by atoms with Crippen LogP contribution < -0.4 is 0 Å². The van der Waals surface area contributed by atoms with Gasteiger partial charge >= 0.3 is 5.97 Å². The fourth-order valence-corrected chi connectivity index (χ4v) is 1.37. The highest BCUT2D eigenvalue weighted by Gasteiger charge is 2.20. The predicted molar refractivity (Wildman–Crippen MR) is 50.2 cm³/mol. The van der Waals surface area contributed by atoms with Crippen molar-refractivity contribution in [3.63, 3.8) is 0 Å². The van der Waals surface area contributed by atoms with E-state index in [1.165, 1.54) is 6.08 Å². The van der Waals surface area contributed by atoms with Crippen LogP contribution in [0.5, 0.6) is 0 Å². The van der Waals surface area contributed by atoms with Crippen molar-refractivity contribution in [3.05, 3.63) is 41.0 Å². The fourth-order valence-electron chi connectivity index (χ4n) is 1.37. The molecule has 2 rings (SSSR count). The van der Waals surface area contributed by atoms with Gasteiger partial charge in [-0.15, -0.1) is 0 Å². The van der Waals surface area contributed by atoms with Gasteiger partial charge in [0.15, 0.2) is 0 Å². The molecule has 0 unspecified atom stereocenters. The molecule has 0 atom stereocenters. The molecule has 0 amide bonds. The van der Waals surface area contributed by atoms with Crippen molar-refractivity contribution in [1.82, 2.24) is 0 Å². The first kappa shape index (κ1) is 8.52. The molecule has 1 aromatic carbocycles. The first-order valence-corrected chi connectivity index (χ1v) is 4.17. The Hall–Kier alpha value is -2.08. The van der Waals surface area contributed by atoms with Gasteiger partial charge in [0.2, 0.25) is 0 Å². The Morgan fingerprint density at radius 3 is 3.14 bits per heavy atom. The maximum absolute atomic E-state index is 11.2. The Labute approximate surface area is 81.2 Å². The monoisotopic (exact) mass is 185 g/mol. The predicted octanol–water partition coefficient (Wildman–Crippen LogP) is 1.89. The van der Waals surface area contributed by atoms with Crippen LogP contribution >= 0.6 is 0 Å². The lowest BCUT2D eigenvalue weighted by atomic mass is 10.1. The second-order valence-corrected chi connectivity index (χ2v) is 2.96. The van der Waals surface area contributed by atoms with Crippen LogP contribution in [0.3, 0.4) is 0 Å². The van der Waals surface area contributed by atoms with Gasteiger partial charge in [-0.2, -0.15) is 5.26 Å². The smallest absolute Gasteiger partial charge is 0.338 e. The topological polar surface area (TPSA) is 50.1 Å². The molecule has 0 saturated carbocycles. The summed E-state index contributed by atoms with van der Waals surface area (Å²) in [6.45, 7) is 0.358. The van der Waals surface area contributed by atoms with E-state index in [4.69, 9.17) is 10.00 Å². The molecule has 1 aliphatic heterocycles. The zero-order valence-corrected chi connectivity index (χ0v) is 7.36. The van der Waals surface area contributed by atoms with E-state index in [0.29, 0.717) is 12.2 Å². The Bertz CT molecular complexity index is 455. The second-order valence-electron chi connectivity index (χ2n) is 2.96. The Kier molecular flexibility index (Phi) is 2.04. The van der Waals surface area contributed by atoms with Gasteiger partial charge in [-0.3, -0.25) is 0 Å². The minimum Gasteiger partial charge on any atom is -0.457 e. The zero-order chi connectivity index (χ0) is 9.97. The minimum absolute atomic E-state index is 0.285. The third kappa shape index (κ3) is 1.38. The number of ether oxygens (including phenoxy) is 1. The van der Waals surface area contributed by atoms with E-state index in [2.05, 4.69) is 0 Å². The number of nitrogens with zero attached hydrogens (tertiary/aromatic N) is 1. The molecule has 0 bridgehead atoms. The standard InChI is InChI=1S/C11H7NO2/c12-5-1-2-8-3-4-9-7-14-11(13)10(9)6-8/h1-4,6H,7H2. The van der Waals surface area contributed by atoms with E-state index < -0.39 is 0 Å². The van der Waals surface area contributed by atoms with Crippen molar-refractivity contribution < 1.29 is 9.53 Å². The minimum atomic E-state index is -0.285. The molecular weight excluding hydrogens is 178 g/mol. The van der Waals surface area contributed by atoms with Gasteiger partial charge in [-0.05, 0) is 17.7 Å². The number of fused-ring (bicyclic) bond motifs is 1. The molecule has 3 heteroatoms. The fraction of sp³-hybridized carbons (Fsp3) is 0.0909. The van der Waals surface area contributed by atoms with Gasteiger partial charge in [0.1, 0.15) is 6.61 Å². The highest BCUT2D eigenvalue weighted by Crippen LogP contribution is 2.21. The van der Waals surface area contributed by atoms with Crippen molar-refractivity contribution in [1.29, 1.82) is 5.26 Å². The van der Waals surface area contributed by atoms with Crippen molar-refractivity contribution in [2.75, 3.05) is 0 Å². The van der Waals surface area contributed by atoms with Crippen LogP contribution in [0, 0.1) is 11.3 Å². The lowest BCUT2D eigenvalue weighted by Crippen LogP contribution is -1.93. The van der Waals surface area contributed by atoms with Gasteiger partial charge < -0.3 is 4.74 Å². The van der Waals surface area contributed by atoms with Crippen LogP contribution in [-0.4, -0.2) is 5.97 Å². The number of cyclic esters (lactones) is 1. The van der Waals surface area contributed by atoms with E-state index in [1.54, 1.807) is 12.1 Å². The lowest BCUT2D eigenvalue weighted by molar-refractivity contribution is 0.0535. The second kappa shape index (κ2) is 3.35. The Morgan fingerprint density at radius 1 is 1.50 bits per heavy atom. The van der Waals surface area contributed by atoms with Crippen molar-refractivity contribution in [2.45, 2.75) is 6.61 Å². The van der Waals surface area contributed by atoms with E-state index in [-0.39, 0.29) is 5.97 Å². The highest BCUT2D eigenvalue weighted by molar-refractivity contribution is 5.94. The number of allylic oxidation sites excluding steroid dienone is 1. The van der Waals surface area contributed by atoms with E-state index in [1.807, 2.05) is 18.2 Å². The molecule has 3 nitrogen and oxygen atoms in total. The van der Waals surface area contributed by atoms with Crippen molar-refractivity contribution >= 4 is 12.0 Å². The highest BCUT2D eigenvalue weighted by atomic mass is 16.5. The normalized spacial score (nSPS) is 13.8. The first-order chi connectivity index (χ1) is 6.81.